The van der Waals surface area contributed by atoms with Crippen molar-refractivity contribution in [3.8, 4) is 5.75 Å². The minimum absolute atomic E-state index is 0.442. The topological polar surface area (TPSA) is 48.9 Å². The molecule has 0 spiro atoms. The molecule has 1 fully saturated rings. The van der Waals surface area contributed by atoms with E-state index in [1.807, 2.05) is 6.07 Å². The number of hydrogen-bond donors (Lipinski definition) is 2. The van der Waals surface area contributed by atoms with E-state index in [-0.39, 0.29) is 0 Å². The lowest BCUT2D eigenvalue weighted by Crippen LogP contribution is -2.46. The van der Waals surface area contributed by atoms with Gasteiger partial charge in [0.15, 0.2) is 5.96 Å². The molecule has 1 aromatic rings. The summed E-state index contributed by atoms with van der Waals surface area (Å²) in [6.45, 7) is 14.8. The average molecular weight is 347 g/mol. The van der Waals surface area contributed by atoms with Crippen LogP contribution in [0.2, 0.25) is 0 Å². The lowest BCUT2D eigenvalue weighted by molar-refractivity contribution is 0.265. The van der Waals surface area contributed by atoms with Gasteiger partial charge in [0.1, 0.15) is 5.75 Å². The third-order valence-electron chi connectivity index (χ3n) is 4.92. The summed E-state index contributed by atoms with van der Waals surface area (Å²) in [5.41, 5.74) is 2.34. The number of hydrogen-bond acceptors (Lipinski definition) is 3. The molecule has 1 heterocycles. The first-order valence-corrected chi connectivity index (χ1v) is 9.37. The van der Waals surface area contributed by atoms with E-state index in [9.17, 15) is 0 Å². The standard InChI is InChI=1S/C20H34N4O/c1-7-21-20(23-18-13-24(14(2)3)12-16(18)5)22-11-17-8-9-19(25-6)15(4)10-17/h8-10,14,16,18H,7,11-13H2,1-6H3,(H2,21,22,23). The summed E-state index contributed by atoms with van der Waals surface area (Å²) < 4.78 is 5.33. The summed E-state index contributed by atoms with van der Waals surface area (Å²) in [4.78, 5) is 7.31. The van der Waals surface area contributed by atoms with E-state index >= 15 is 0 Å². The van der Waals surface area contributed by atoms with Crippen molar-refractivity contribution < 1.29 is 4.74 Å². The zero-order valence-electron chi connectivity index (χ0n) is 16.6. The molecule has 1 saturated heterocycles. The summed E-state index contributed by atoms with van der Waals surface area (Å²) in [7, 11) is 1.70. The van der Waals surface area contributed by atoms with E-state index in [0.29, 0.717) is 24.5 Å². The molecule has 2 N–H and O–H groups in total. The van der Waals surface area contributed by atoms with Crippen LogP contribution in [0, 0.1) is 12.8 Å². The van der Waals surface area contributed by atoms with E-state index in [1.165, 1.54) is 5.56 Å². The van der Waals surface area contributed by atoms with Gasteiger partial charge in [-0.3, -0.25) is 4.90 Å². The number of rotatable bonds is 6. The van der Waals surface area contributed by atoms with Crippen LogP contribution < -0.4 is 15.4 Å². The molecular weight excluding hydrogens is 312 g/mol. The number of methoxy groups -OCH3 is 1. The van der Waals surface area contributed by atoms with Crippen molar-refractivity contribution in [3.63, 3.8) is 0 Å². The molecule has 0 radical (unpaired) electrons. The molecule has 2 atom stereocenters. The SMILES string of the molecule is CCNC(=NCc1ccc(OC)c(C)c1)NC1CN(C(C)C)CC1C. The van der Waals surface area contributed by atoms with E-state index in [2.05, 4.69) is 62.3 Å². The van der Waals surface area contributed by atoms with E-state index < -0.39 is 0 Å². The number of ether oxygens (including phenoxy) is 1. The summed E-state index contributed by atoms with van der Waals surface area (Å²) in [6.07, 6.45) is 0. The predicted octanol–water partition coefficient (Wildman–Crippen LogP) is 2.79. The minimum Gasteiger partial charge on any atom is -0.496 e. The molecule has 0 amide bonds. The van der Waals surface area contributed by atoms with Gasteiger partial charge in [0.2, 0.25) is 0 Å². The molecule has 1 aliphatic heterocycles. The zero-order chi connectivity index (χ0) is 18.4. The van der Waals surface area contributed by atoms with E-state index in [1.54, 1.807) is 7.11 Å². The Kier molecular flexibility index (Phi) is 7.12. The van der Waals surface area contributed by atoms with Crippen LogP contribution in [-0.4, -0.2) is 49.7 Å². The van der Waals surface area contributed by atoms with Crippen LogP contribution in [-0.2, 0) is 6.54 Å². The Morgan fingerprint density at radius 2 is 2.12 bits per heavy atom. The summed E-state index contributed by atoms with van der Waals surface area (Å²) >= 11 is 0. The lowest BCUT2D eigenvalue weighted by atomic mass is 10.1. The van der Waals surface area contributed by atoms with Crippen molar-refractivity contribution >= 4 is 5.96 Å². The highest BCUT2D eigenvalue weighted by Crippen LogP contribution is 2.20. The fourth-order valence-corrected chi connectivity index (χ4v) is 3.32. The molecule has 0 bridgehead atoms. The van der Waals surface area contributed by atoms with Crippen LogP contribution in [0.1, 0.15) is 38.8 Å². The largest absolute Gasteiger partial charge is 0.496 e. The molecule has 5 heteroatoms. The Morgan fingerprint density at radius 1 is 1.36 bits per heavy atom. The van der Waals surface area contributed by atoms with Crippen LogP contribution in [0.3, 0.4) is 0 Å². The Labute approximate surface area is 152 Å². The first-order chi connectivity index (χ1) is 11.9. The van der Waals surface area contributed by atoms with Gasteiger partial charge in [-0.25, -0.2) is 4.99 Å². The van der Waals surface area contributed by atoms with Gasteiger partial charge in [0, 0.05) is 31.7 Å². The van der Waals surface area contributed by atoms with Crippen LogP contribution in [0.15, 0.2) is 23.2 Å². The van der Waals surface area contributed by atoms with Gasteiger partial charge in [-0.1, -0.05) is 19.1 Å². The second-order valence-electron chi connectivity index (χ2n) is 7.27. The quantitative estimate of drug-likeness (QED) is 0.614. The maximum atomic E-state index is 5.33. The Hall–Kier alpha value is -1.75. The van der Waals surface area contributed by atoms with Crippen LogP contribution in [0.5, 0.6) is 5.75 Å². The molecule has 1 aliphatic rings. The number of aliphatic imine (C=N–C) groups is 1. The molecule has 0 aromatic heterocycles. The molecule has 2 rings (SSSR count). The van der Waals surface area contributed by atoms with Crippen molar-refractivity contribution in [2.45, 2.75) is 53.2 Å². The second-order valence-corrected chi connectivity index (χ2v) is 7.27. The molecule has 0 saturated carbocycles. The van der Waals surface area contributed by atoms with Gasteiger partial charge in [-0.2, -0.15) is 0 Å². The third kappa shape index (κ3) is 5.36. The normalized spacial score (nSPS) is 21.6. The fourth-order valence-electron chi connectivity index (χ4n) is 3.32. The molecule has 1 aromatic carbocycles. The minimum atomic E-state index is 0.442. The van der Waals surface area contributed by atoms with Gasteiger partial charge in [-0.05, 0) is 50.8 Å². The smallest absolute Gasteiger partial charge is 0.191 e. The van der Waals surface area contributed by atoms with Crippen LogP contribution in [0.25, 0.3) is 0 Å². The molecule has 25 heavy (non-hydrogen) atoms. The number of guanidine groups is 1. The van der Waals surface area contributed by atoms with Crippen molar-refractivity contribution in [1.82, 2.24) is 15.5 Å². The van der Waals surface area contributed by atoms with Crippen molar-refractivity contribution in [3.05, 3.63) is 29.3 Å². The van der Waals surface area contributed by atoms with Gasteiger partial charge >= 0.3 is 0 Å². The van der Waals surface area contributed by atoms with Gasteiger partial charge in [0.25, 0.3) is 0 Å². The molecule has 0 aliphatic carbocycles. The maximum absolute atomic E-state index is 5.33. The van der Waals surface area contributed by atoms with Gasteiger partial charge in [0.05, 0.1) is 13.7 Å². The van der Waals surface area contributed by atoms with Gasteiger partial charge < -0.3 is 15.4 Å². The van der Waals surface area contributed by atoms with Crippen LogP contribution >= 0.6 is 0 Å². The Bertz CT molecular complexity index is 585. The number of nitrogens with zero attached hydrogens (tertiary/aromatic N) is 2. The highest BCUT2D eigenvalue weighted by Gasteiger charge is 2.31. The van der Waals surface area contributed by atoms with Crippen molar-refractivity contribution in [2.24, 2.45) is 10.9 Å². The first-order valence-electron chi connectivity index (χ1n) is 9.37. The molecular formula is C20H34N4O. The summed E-state index contributed by atoms with van der Waals surface area (Å²) in [6, 6.07) is 7.27. The number of nitrogens with one attached hydrogen (secondary N) is 2. The van der Waals surface area contributed by atoms with Crippen molar-refractivity contribution in [2.75, 3.05) is 26.7 Å². The highest BCUT2D eigenvalue weighted by molar-refractivity contribution is 5.80. The van der Waals surface area contributed by atoms with E-state index in [0.717, 1.165) is 36.9 Å². The lowest BCUT2D eigenvalue weighted by Gasteiger charge is -2.22. The second kappa shape index (κ2) is 9.09. The van der Waals surface area contributed by atoms with E-state index in [4.69, 9.17) is 9.73 Å². The first kappa shape index (κ1) is 19.6. The molecule has 2 unspecified atom stereocenters. The highest BCUT2D eigenvalue weighted by atomic mass is 16.5. The summed E-state index contributed by atoms with van der Waals surface area (Å²) in [5, 5.41) is 7.01. The fraction of sp³-hybridized carbons (Fsp3) is 0.650. The molecule has 5 nitrogen and oxygen atoms in total. The van der Waals surface area contributed by atoms with Crippen LogP contribution in [0.4, 0.5) is 0 Å². The molecule has 140 valence electrons. The average Bonchev–Trinajstić information content (AvgIpc) is 2.94. The Balaban J connectivity index is 2.02. The van der Waals surface area contributed by atoms with Crippen molar-refractivity contribution in [1.29, 1.82) is 0 Å². The number of likely N-dealkylation sites (tertiary alicyclic amines) is 1. The predicted molar refractivity (Wildman–Crippen MR) is 105 cm³/mol. The number of aryl methyl sites for hydroxylation is 1. The summed E-state index contributed by atoms with van der Waals surface area (Å²) in [5.74, 6) is 2.44. The zero-order valence-corrected chi connectivity index (χ0v) is 16.6. The number of benzene rings is 1. The Morgan fingerprint density at radius 3 is 2.68 bits per heavy atom. The monoisotopic (exact) mass is 346 g/mol. The van der Waals surface area contributed by atoms with Gasteiger partial charge in [-0.15, -0.1) is 0 Å². The maximum Gasteiger partial charge on any atom is 0.191 e. The third-order valence-corrected chi connectivity index (χ3v) is 4.92.